The van der Waals surface area contributed by atoms with Gasteiger partial charge in [0.1, 0.15) is 42.4 Å². The van der Waals surface area contributed by atoms with Crippen LogP contribution in [0.2, 0.25) is 0 Å². The highest BCUT2D eigenvalue weighted by Crippen LogP contribution is 2.50. The molecule has 6 rings (SSSR count). The van der Waals surface area contributed by atoms with Gasteiger partial charge in [0.2, 0.25) is 5.95 Å². The van der Waals surface area contributed by atoms with Gasteiger partial charge in [0.15, 0.2) is 17.4 Å². The zero-order valence-corrected chi connectivity index (χ0v) is 24.2. The van der Waals surface area contributed by atoms with E-state index < -0.39 is 77.8 Å². The number of nitrogens with two attached hydrogens (primary N) is 2. The number of phosphoric acid groups is 1. The second-order valence-electron chi connectivity index (χ2n) is 9.95. The summed E-state index contributed by atoms with van der Waals surface area (Å²) in [5.41, 5.74) is 11.7. The third-order valence-corrected chi connectivity index (χ3v) is 8.68. The molecule has 2 aliphatic heterocycles. The Bertz CT molecular complexity index is 1810. The highest BCUT2D eigenvalue weighted by Gasteiger charge is 2.50. The van der Waals surface area contributed by atoms with Gasteiger partial charge in [-0.3, -0.25) is 23.4 Å². The number of imidazole rings is 1. The van der Waals surface area contributed by atoms with E-state index in [4.69, 9.17) is 34.5 Å². The van der Waals surface area contributed by atoms with Gasteiger partial charge in [-0.1, -0.05) is 0 Å². The number of fused-ring (bicyclic) bond motifs is 2. The van der Waals surface area contributed by atoms with Crippen LogP contribution in [0.25, 0.3) is 22.2 Å². The van der Waals surface area contributed by atoms with Crippen molar-refractivity contribution in [2.75, 3.05) is 24.7 Å². The molecule has 2 saturated heterocycles. The van der Waals surface area contributed by atoms with Crippen molar-refractivity contribution in [3.05, 3.63) is 41.2 Å². The van der Waals surface area contributed by atoms with Crippen molar-refractivity contribution in [3.63, 3.8) is 0 Å². The molecule has 0 aliphatic carbocycles. The summed E-state index contributed by atoms with van der Waals surface area (Å²) in [4.78, 5) is 46.8. The molecule has 0 radical (unpaired) electrons. The van der Waals surface area contributed by atoms with Crippen molar-refractivity contribution in [2.45, 2.75) is 49.4 Å². The monoisotopic (exact) mass is 657 g/mol. The number of hydrogen-bond acceptors (Lipinski definition) is 15. The van der Waals surface area contributed by atoms with E-state index in [0.717, 1.165) is 10.9 Å². The number of pyridine rings is 1. The fraction of sp³-hybridized carbons (Fsp3) is 0.455. The summed E-state index contributed by atoms with van der Waals surface area (Å²) in [5.74, 6) is -0.251. The molecular formula is C22H27N8O12P2+. The third kappa shape index (κ3) is 5.73. The van der Waals surface area contributed by atoms with Gasteiger partial charge in [0.25, 0.3) is 5.56 Å². The first-order valence-corrected chi connectivity index (χ1v) is 15.6. The maximum absolute atomic E-state index is 13.1. The summed E-state index contributed by atoms with van der Waals surface area (Å²) < 4.78 is 54.7. The second-order valence-corrected chi connectivity index (χ2v) is 12.0. The Kier molecular flexibility index (Phi) is 8.24. The van der Waals surface area contributed by atoms with E-state index in [2.05, 4.69) is 19.9 Å². The van der Waals surface area contributed by atoms with E-state index in [1.807, 2.05) is 0 Å². The molecular weight excluding hydrogens is 630 g/mol. The molecule has 236 valence electrons. The number of aromatic amines is 1. The smallest absolute Gasteiger partial charge is 0.398 e. The van der Waals surface area contributed by atoms with Gasteiger partial charge in [-0.05, 0) is 12.1 Å². The first-order valence-electron chi connectivity index (χ1n) is 13.0. The van der Waals surface area contributed by atoms with Crippen LogP contribution >= 0.6 is 16.1 Å². The molecule has 4 aromatic heterocycles. The molecule has 2 aliphatic rings. The molecule has 2 fully saturated rings. The maximum atomic E-state index is 13.1. The minimum atomic E-state index is -5.05. The number of hydrogen-bond donors (Lipinski definition) is 7. The van der Waals surface area contributed by atoms with Gasteiger partial charge in [-0.2, -0.15) is 4.98 Å². The summed E-state index contributed by atoms with van der Waals surface area (Å²) in [6.07, 6.45) is -4.57. The highest BCUT2D eigenvalue weighted by atomic mass is 31.2. The molecule has 6 heterocycles. The lowest BCUT2D eigenvalue weighted by atomic mass is 10.1. The lowest BCUT2D eigenvalue weighted by molar-refractivity contribution is -0.0578. The average molecular weight is 657 g/mol. The van der Waals surface area contributed by atoms with Crippen LogP contribution in [0.15, 0.2) is 35.6 Å². The molecule has 0 spiro atoms. The summed E-state index contributed by atoms with van der Waals surface area (Å²) in [7, 11) is -8.13. The molecule has 3 unspecified atom stereocenters. The molecule has 9 N–H and O–H groups in total. The Hall–Kier alpha value is -3.39. The molecule has 0 saturated carbocycles. The molecule has 4 aromatic rings. The Balaban J connectivity index is 1.20. The van der Waals surface area contributed by atoms with E-state index >= 15 is 0 Å². The van der Waals surface area contributed by atoms with Crippen LogP contribution in [0.1, 0.15) is 18.9 Å². The quantitative estimate of drug-likeness (QED) is 0.105. The number of ether oxygens (including phenoxy) is 2. The summed E-state index contributed by atoms with van der Waals surface area (Å²) >= 11 is 0. The van der Waals surface area contributed by atoms with E-state index in [-0.39, 0.29) is 23.5 Å². The number of aromatic nitrogens is 6. The van der Waals surface area contributed by atoms with Crippen LogP contribution in [0.3, 0.4) is 0 Å². The molecule has 0 aromatic carbocycles. The van der Waals surface area contributed by atoms with Crippen LogP contribution in [-0.4, -0.2) is 92.8 Å². The van der Waals surface area contributed by atoms with Crippen molar-refractivity contribution in [1.82, 2.24) is 29.1 Å². The number of aliphatic hydroxyl groups is 2. The zero-order chi connectivity index (χ0) is 31.3. The summed E-state index contributed by atoms with van der Waals surface area (Å²) in [5, 5.41) is 21.1. The van der Waals surface area contributed by atoms with Crippen LogP contribution in [0, 0.1) is 0 Å². The summed E-state index contributed by atoms with van der Waals surface area (Å²) in [6, 6.07) is 3.35. The molecule has 9 atom stereocenters. The van der Waals surface area contributed by atoms with Crippen LogP contribution < -0.4 is 17.0 Å². The predicted molar refractivity (Wildman–Crippen MR) is 148 cm³/mol. The number of nitrogens with one attached hydrogen (secondary N) is 1. The minimum Gasteiger partial charge on any atom is -0.398 e. The van der Waals surface area contributed by atoms with E-state index in [1.165, 1.54) is 6.20 Å². The first kappa shape index (κ1) is 30.6. The number of rotatable bonds is 10. The normalized spacial score (nSPS) is 29.0. The average Bonchev–Trinajstić information content (AvgIpc) is 3.73. The number of phosphoric ester groups is 1. The Morgan fingerprint density at radius 1 is 1.18 bits per heavy atom. The lowest BCUT2D eigenvalue weighted by Gasteiger charge is -2.25. The van der Waals surface area contributed by atoms with Crippen LogP contribution in [0.4, 0.5) is 11.6 Å². The van der Waals surface area contributed by atoms with Crippen LogP contribution in [0.5, 0.6) is 0 Å². The Morgan fingerprint density at radius 2 is 1.98 bits per heavy atom. The van der Waals surface area contributed by atoms with Crippen molar-refractivity contribution >= 4 is 49.9 Å². The van der Waals surface area contributed by atoms with Gasteiger partial charge in [0, 0.05) is 34.5 Å². The van der Waals surface area contributed by atoms with Gasteiger partial charge in [-0.15, -0.1) is 9.42 Å². The maximum Gasteiger partial charge on any atom is 0.695 e. The third-order valence-electron chi connectivity index (χ3n) is 7.24. The second kappa shape index (κ2) is 11.8. The largest absolute Gasteiger partial charge is 0.695 e. The van der Waals surface area contributed by atoms with Gasteiger partial charge < -0.3 is 40.6 Å². The Morgan fingerprint density at radius 3 is 2.73 bits per heavy atom. The molecule has 44 heavy (non-hydrogen) atoms. The molecule has 0 bridgehead atoms. The van der Waals surface area contributed by atoms with Gasteiger partial charge >= 0.3 is 16.1 Å². The predicted octanol–water partition coefficient (Wildman–Crippen LogP) is -0.591. The van der Waals surface area contributed by atoms with Crippen molar-refractivity contribution in [1.29, 1.82) is 0 Å². The molecule has 0 amide bonds. The fourth-order valence-electron chi connectivity index (χ4n) is 5.25. The van der Waals surface area contributed by atoms with Gasteiger partial charge in [0.05, 0.1) is 19.5 Å². The van der Waals surface area contributed by atoms with E-state index in [0.29, 0.717) is 16.7 Å². The van der Waals surface area contributed by atoms with E-state index in [9.17, 15) is 33.9 Å². The molecule has 22 heteroatoms. The van der Waals surface area contributed by atoms with E-state index in [1.54, 1.807) is 22.9 Å². The minimum absolute atomic E-state index is 0.0465. The number of nitrogen functional groups attached to an aromatic ring is 2. The first-order chi connectivity index (χ1) is 21.0. The topological polar surface area (TPSA) is 295 Å². The van der Waals surface area contributed by atoms with Crippen molar-refractivity contribution < 1.29 is 52.2 Å². The number of H-pyrrole nitrogens is 1. The van der Waals surface area contributed by atoms with Gasteiger partial charge in [-0.25, -0.2) is 14.5 Å². The Labute approximate surface area is 246 Å². The van der Waals surface area contributed by atoms with Crippen molar-refractivity contribution in [3.8, 4) is 0 Å². The standard InChI is InChI=1S/C22H26N8O12P2/c23-10-1-3-25-18-9(10)2-4-29(18)14-5-11(41-43(34)35)13(39-14)7-38-44(36,37)42-17-16(32)12(6-31)40-21(17)30-8-26-15-19(30)27-22(24)28-20(15)33/h1-4,8,11-14,16-17,21,31-32H,5-7H2,(H6-,23,24,25,27,28,33,34,35,36,37)/p+1/t11-,12-,13-,14-,16+,17?,21-/m1/s1. The number of nitrogens with zero attached hydrogens (tertiary/aromatic N) is 5. The number of aliphatic hydroxyl groups excluding tert-OH is 2. The number of anilines is 2. The molecule has 20 nitrogen and oxygen atoms in total. The highest BCUT2D eigenvalue weighted by molar-refractivity contribution is 7.47. The summed E-state index contributed by atoms with van der Waals surface area (Å²) in [6.45, 7) is -1.34. The van der Waals surface area contributed by atoms with Crippen molar-refractivity contribution in [2.24, 2.45) is 0 Å². The SMILES string of the molecule is Nc1nc2c(ncn2[C@@H]2O[C@H](CO)[C@H](O)C2OP(=O)(O)OC[C@H]2O[C@@H](n3ccc4c(N)ccnc43)C[C@H]2O[P+](=O)O)c(=O)[nH]1. The zero-order valence-electron chi connectivity index (χ0n) is 22.4. The van der Waals surface area contributed by atoms with Crippen LogP contribution in [-0.2, 0) is 32.2 Å². The lowest BCUT2D eigenvalue weighted by Crippen LogP contribution is -2.35. The fourth-order valence-corrected chi connectivity index (χ4v) is 6.63.